The Morgan fingerprint density at radius 1 is 0.886 bits per heavy atom. The quantitative estimate of drug-likeness (QED) is 0.263. The lowest BCUT2D eigenvalue weighted by molar-refractivity contribution is -0.118. The summed E-state index contributed by atoms with van der Waals surface area (Å²) in [7, 11) is 0. The van der Waals surface area contributed by atoms with Gasteiger partial charge in [0.05, 0.1) is 10.7 Å². The highest BCUT2D eigenvalue weighted by atomic mass is 35.5. The summed E-state index contributed by atoms with van der Waals surface area (Å²) in [5.41, 5.74) is 4.69. The zero-order valence-electron chi connectivity index (χ0n) is 19.5. The minimum Gasteiger partial charge on any atom is -0.484 e. The SMILES string of the molecule is Cc1ccc(NC(=O)COc2cccc(C=Nc3ccc(Oc4ccccc4Cl)cc3)c2)cc1C. The number of halogens is 1. The molecule has 0 fully saturated rings. The Labute approximate surface area is 210 Å². The van der Waals surface area contributed by atoms with Crippen LogP contribution in [-0.2, 0) is 4.79 Å². The van der Waals surface area contributed by atoms with Crippen LogP contribution < -0.4 is 14.8 Å². The molecule has 6 heteroatoms. The smallest absolute Gasteiger partial charge is 0.262 e. The van der Waals surface area contributed by atoms with Gasteiger partial charge in [-0.15, -0.1) is 0 Å². The summed E-state index contributed by atoms with van der Waals surface area (Å²) >= 11 is 6.14. The molecule has 0 saturated heterocycles. The summed E-state index contributed by atoms with van der Waals surface area (Å²) < 4.78 is 11.5. The topological polar surface area (TPSA) is 59.9 Å². The van der Waals surface area contributed by atoms with E-state index in [9.17, 15) is 4.79 Å². The molecule has 0 atom stereocenters. The largest absolute Gasteiger partial charge is 0.484 e. The van der Waals surface area contributed by atoms with Crippen LogP contribution in [0.1, 0.15) is 16.7 Å². The van der Waals surface area contributed by atoms with Gasteiger partial charge in [0.1, 0.15) is 17.2 Å². The Kier molecular flexibility index (Phi) is 7.81. The lowest BCUT2D eigenvalue weighted by Crippen LogP contribution is -2.20. The highest BCUT2D eigenvalue weighted by Crippen LogP contribution is 2.29. The molecular weight excluding hydrogens is 460 g/mol. The fourth-order valence-electron chi connectivity index (χ4n) is 3.25. The average Bonchev–Trinajstić information content (AvgIpc) is 2.86. The molecule has 0 radical (unpaired) electrons. The van der Waals surface area contributed by atoms with E-state index < -0.39 is 0 Å². The average molecular weight is 485 g/mol. The number of nitrogens with one attached hydrogen (secondary N) is 1. The van der Waals surface area contributed by atoms with E-state index >= 15 is 0 Å². The van der Waals surface area contributed by atoms with Crippen molar-refractivity contribution >= 4 is 35.1 Å². The van der Waals surface area contributed by atoms with Gasteiger partial charge in [-0.1, -0.05) is 41.9 Å². The lowest BCUT2D eigenvalue weighted by Gasteiger charge is -2.09. The van der Waals surface area contributed by atoms with E-state index in [1.165, 1.54) is 5.56 Å². The second kappa shape index (κ2) is 11.4. The van der Waals surface area contributed by atoms with Crippen molar-refractivity contribution < 1.29 is 14.3 Å². The van der Waals surface area contributed by atoms with E-state index in [-0.39, 0.29) is 12.5 Å². The molecule has 0 heterocycles. The number of para-hydroxylation sites is 1. The number of carbonyl (C=O) groups excluding carboxylic acids is 1. The van der Waals surface area contributed by atoms with E-state index in [1.54, 1.807) is 12.3 Å². The molecule has 0 aliphatic rings. The third-order valence-electron chi connectivity index (χ3n) is 5.28. The first-order valence-corrected chi connectivity index (χ1v) is 11.5. The zero-order valence-corrected chi connectivity index (χ0v) is 20.3. The molecule has 4 rings (SSSR count). The minimum absolute atomic E-state index is 0.0829. The second-order valence-corrected chi connectivity index (χ2v) is 8.40. The molecule has 0 unspecified atom stereocenters. The first-order valence-electron chi connectivity index (χ1n) is 11.1. The molecule has 176 valence electrons. The Bertz CT molecular complexity index is 1350. The maximum atomic E-state index is 12.3. The van der Waals surface area contributed by atoms with Crippen molar-refractivity contribution in [1.82, 2.24) is 0 Å². The normalized spacial score (nSPS) is 10.8. The third-order valence-corrected chi connectivity index (χ3v) is 5.59. The van der Waals surface area contributed by atoms with Crippen molar-refractivity contribution in [2.75, 3.05) is 11.9 Å². The standard InChI is InChI=1S/C29H25ClN2O3/c1-20-10-11-24(16-21(20)2)32-29(33)19-34-26-7-5-6-22(17-26)18-31-23-12-14-25(15-13-23)35-28-9-4-3-8-27(28)30/h3-18H,19H2,1-2H3,(H,32,33). The van der Waals surface area contributed by atoms with Gasteiger partial charge in [0, 0.05) is 11.9 Å². The van der Waals surface area contributed by atoms with E-state index in [1.807, 2.05) is 98.8 Å². The van der Waals surface area contributed by atoms with Gasteiger partial charge in [-0.05, 0) is 91.2 Å². The van der Waals surface area contributed by atoms with Crippen molar-refractivity contribution in [2.45, 2.75) is 13.8 Å². The van der Waals surface area contributed by atoms with E-state index in [0.29, 0.717) is 22.3 Å². The maximum Gasteiger partial charge on any atom is 0.262 e. The van der Waals surface area contributed by atoms with E-state index in [4.69, 9.17) is 21.1 Å². The molecule has 35 heavy (non-hydrogen) atoms. The minimum atomic E-state index is -0.216. The Hall–Kier alpha value is -4.09. The van der Waals surface area contributed by atoms with Crippen molar-refractivity contribution in [3.8, 4) is 17.2 Å². The zero-order chi connectivity index (χ0) is 24.6. The molecule has 0 saturated carbocycles. The second-order valence-electron chi connectivity index (χ2n) is 7.99. The molecule has 4 aromatic rings. The first kappa shape index (κ1) is 24.0. The van der Waals surface area contributed by atoms with Gasteiger partial charge in [0.2, 0.25) is 0 Å². The molecule has 1 amide bonds. The van der Waals surface area contributed by atoms with E-state index in [2.05, 4.69) is 10.3 Å². The number of benzene rings is 4. The number of anilines is 1. The van der Waals surface area contributed by atoms with Crippen LogP contribution in [0, 0.1) is 13.8 Å². The Morgan fingerprint density at radius 2 is 1.69 bits per heavy atom. The summed E-state index contributed by atoms with van der Waals surface area (Å²) in [6.45, 7) is 3.96. The highest BCUT2D eigenvalue weighted by Gasteiger charge is 2.06. The number of aryl methyl sites for hydroxylation is 2. The van der Waals surface area contributed by atoms with Gasteiger partial charge < -0.3 is 14.8 Å². The van der Waals surface area contributed by atoms with Crippen LogP contribution in [0.2, 0.25) is 5.02 Å². The summed E-state index contributed by atoms with van der Waals surface area (Å²) in [5.74, 6) is 1.65. The summed E-state index contributed by atoms with van der Waals surface area (Å²) in [4.78, 5) is 16.8. The van der Waals surface area contributed by atoms with Crippen LogP contribution in [-0.4, -0.2) is 18.7 Å². The van der Waals surface area contributed by atoms with E-state index in [0.717, 1.165) is 22.5 Å². The number of ether oxygens (including phenoxy) is 2. The fourth-order valence-corrected chi connectivity index (χ4v) is 3.43. The molecule has 5 nitrogen and oxygen atoms in total. The van der Waals surface area contributed by atoms with Crippen molar-refractivity contribution in [2.24, 2.45) is 4.99 Å². The molecule has 0 aliphatic heterocycles. The van der Waals surface area contributed by atoms with Crippen LogP contribution in [0.15, 0.2) is 96.0 Å². The number of nitrogens with zero attached hydrogens (tertiary/aromatic N) is 1. The van der Waals surface area contributed by atoms with Crippen LogP contribution in [0.25, 0.3) is 0 Å². The summed E-state index contributed by atoms with van der Waals surface area (Å²) in [5, 5.41) is 3.41. The van der Waals surface area contributed by atoms with Gasteiger partial charge in [0.25, 0.3) is 5.91 Å². The number of hydrogen-bond acceptors (Lipinski definition) is 4. The molecule has 1 N–H and O–H groups in total. The van der Waals surface area contributed by atoms with Gasteiger partial charge in [-0.3, -0.25) is 9.79 Å². The number of aliphatic imine (C=N–C) groups is 1. The third kappa shape index (κ3) is 6.95. The molecule has 0 bridgehead atoms. The van der Waals surface area contributed by atoms with Crippen LogP contribution >= 0.6 is 11.6 Å². The maximum absolute atomic E-state index is 12.3. The Morgan fingerprint density at radius 3 is 2.46 bits per heavy atom. The van der Waals surface area contributed by atoms with Crippen LogP contribution in [0.3, 0.4) is 0 Å². The number of amides is 1. The number of carbonyl (C=O) groups is 1. The highest BCUT2D eigenvalue weighted by molar-refractivity contribution is 6.32. The number of hydrogen-bond donors (Lipinski definition) is 1. The lowest BCUT2D eigenvalue weighted by atomic mass is 10.1. The molecule has 4 aromatic carbocycles. The van der Waals surface area contributed by atoms with Crippen molar-refractivity contribution in [3.63, 3.8) is 0 Å². The molecule has 0 aromatic heterocycles. The molecular formula is C29H25ClN2O3. The van der Waals surface area contributed by atoms with Crippen LogP contribution in [0.4, 0.5) is 11.4 Å². The van der Waals surface area contributed by atoms with Crippen LogP contribution in [0.5, 0.6) is 17.2 Å². The van der Waals surface area contributed by atoms with Gasteiger partial charge in [-0.25, -0.2) is 0 Å². The fraction of sp³-hybridized carbons (Fsp3) is 0.103. The molecule has 0 aliphatic carbocycles. The first-order chi connectivity index (χ1) is 17.0. The van der Waals surface area contributed by atoms with Gasteiger partial charge in [-0.2, -0.15) is 0 Å². The number of rotatable bonds is 8. The van der Waals surface area contributed by atoms with Crippen molar-refractivity contribution in [1.29, 1.82) is 0 Å². The Balaban J connectivity index is 1.32. The predicted molar refractivity (Wildman–Crippen MR) is 142 cm³/mol. The van der Waals surface area contributed by atoms with Crippen molar-refractivity contribution in [3.05, 3.63) is 113 Å². The van der Waals surface area contributed by atoms with Gasteiger partial charge in [0.15, 0.2) is 6.61 Å². The van der Waals surface area contributed by atoms with Gasteiger partial charge >= 0.3 is 0 Å². The summed E-state index contributed by atoms with van der Waals surface area (Å²) in [6.07, 6.45) is 1.74. The summed E-state index contributed by atoms with van der Waals surface area (Å²) in [6, 6.07) is 27.9. The monoisotopic (exact) mass is 484 g/mol. The molecule has 0 spiro atoms. The predicted octanol–water partition coefficient (Wildman–Crippen LogP) is 7.52.